The summed E-state index contributed by atoms with van der Waals surface area (Å²) in [7, 11) is 0. The third-order valence-corrected chi connectivity index (χ3v) is 2.84. The standard InChI is InChI=1S/C11H14N2O4/c1-2-17-11(16)8-6-13-4-3-7(10(14)15)5-9(13)12-8/h6-7H,2-5H2,1H3,(H,14,15). The highest BCUT2D eigenvalue weighted by molar-refractivity contribution is 5.87. The molecule has 0 aromatic carbocycles. The van der Waals surface area contributed by atoms with Crippen molar-refractivity contribution < 1.29 is 19.4 Å². The first-order valence-corrected chi connectivity index (χ1v) is 5.57. The highest BCUT2D eigenvalue weighted by atomic mass is 16.5. The Morgan fingerprint density at radius 1 is 1.65 bits per heavy atom. The maximum atomic E-state index is 11.5. The number of rotatable bonds is 3. The van der Waals surface area contributed by atoms with Crippen LogP contribution in [0.5, 0.6) is 0 Å². The fourth-order valence-electron chi connectivity index (χ4n) is 1.94. The van der Waals surface area contributed by atoms with Crippen molar-refractivity contribution in [3.05, 3.63) is 17.7 Å². The van der Waals surface area contributed by atoms with Gasteiger partial charge in [0.2, 0.25) is 0 Å². The van der Waals surface area contributed by atoms with E-state index in [2.05, 4.69) is 4.98 Å². The topological polar surface area (TPSA) is 81.4 Å². The lowest BCUT2D eigenvalue weighted by Gasteiger charge is -2.19. The molecule has 6 nitrogen and oxygen atoms in total. The zero-order valence-corrected chi connectivity index (χ0v) is 9.55. The summed E-state index contributed by atoms with van der Waals surface area (Å²) in [5, 5.41) is 8.94. The Bertz CT molecular complexity index is 452. The Kier molecular flexibility index (Phi) is 3.12. The third-order valence-electron chi connectivity index (χ3n) is 2.84. The molecule has 0 saturated heterocycles. The molecule has 1 aromatic heterocycles. The number of hydrogen-bond acceptors (Lipinski definition) is 4. The molecule has 1 atom stereocenters. The molecule has 1 aromatic rings. The lowest BCUT2D eigenvalue weighted by molar-refractivity contribution is -0.142. The fraction of sp³-hybridized carbons (Fsp3) is 0.545. The Labute approximate surface area is 98.2 Å². The van der Waals surface area contributed by atoms with Crippen LogP contribution in [-0.4, -0.2) is 33.2 Å². The summed E-state index contributed by atoms with van der Waals surface area (Å²) in [4.78, 5) is 26.5. The molecule has 0 saturated carbocycles. The SMILES string of the molecule is CCOC(=O)c1cn2c(n1)CC(C(=O)O)CC2. The second-order valence-corrected chi connectivity index (χ2v) is 3.98. The molecule has 17 heavy (non-hydrogen) atoms. The van der Waals surface area contributed by atoms with Crippen LogP contribution in [0.4, 0.5) is 0 Å². The number of fused-ring (bicyclic) bond motifs is 1. The van der Waals surface area contributed by atoms with Gasteiger partial charge in [-0.05, 0) is 13.3 Å². The summed E-state index contributed by atoms with van der Waals surface area (Å²) in [5.41, 5.74) is 0.257. The lowest BCUT2D eigenvalue weighted by atomic mass is 9.98. The van der Waals surface area contributed by atoms with Gasteiger partial charge in [0.15, 0.2) is 5.69 Å². The van der Waals surface area contributed by atoms with Gasteiger partial charge in [0.25, 0.3) is 0 Å². The summed E-state index contributed by atoms with van der Waals surface area (Å²) < 4.78 is 6.67. The van der Waals surface area contributed by atoms with E-state index in [1.54, 1.807) is 13.1 Å². The number of aromatic nitrogens is 2. The normalized spacial score (nSPS) is 18.5. The van der Waals surface area contributed by atoms with Crippen LogP contribution in [0.15, 0.2) is 6.20 Å². The van der Waals surface area contributed by atoms with Gasteiger partial charge in [-0.3, -0.25) is 4.79 Å². The van der Waals surface area contributed by atoms with Crippen LogP contribution in [0.25, 0.3) is 0 Å². The van der Waals surface area contributed by atoms with Crippen molar-refractivity contribution in [3.63, 3.8) is 0 Å². The number of aryl methyl sites for hydroxylation is 1. The average molecular weight is 238 g/mol. The quantitative estimate of drug-likeness (QED) is 0.784. The zero-order chi connectivity index (χ0) is 12.4. The number of carbonyl (C=O) groups excluding carboxylic acids is 1. The highest BCUT2D eigenvalue weighted by Crippen LogP contribution is 2.20. The second-order valence-electron chi connectivity index (χ2n) is 3.98. The van der Waals surface area contributed by atoms with Crippen molar-refractivity contribution in [1.29, 1.82) is 0 Å². The number of imidazole rings is 1. The largest absolute Gasteiger partial charge is 0.481 e. The highest BCUT2D eigenvalue weighted by Gasteiger charge is 2.27. The van der Waals surface area contributed by atoms with E-state index < -0.39 is 17.9 Å². The molecular formula is C11H14N2O4. The van der Waals surface area contributed by atoms with Crippen molar-refractivity contribution in [1.82, 2.24) is 9.55 Å². The van der Waals surface area contributed by atoms with Crippen molar-refractivity contribution in [2.75, 3.05) is 6.61 Å². The number of aliphatic carboxylic acids is 1. The fourth-order valence-corrected chi connectivity index (χ4v) is 1.94. The van der Waals surface area contributed by atoms with Gasteiger partial charge >= 0.3 is 11.9 Å². The summed E-state index contributed by atoms with van der Waals surface area (Å²) in [6.45, 7) is 2.62. The van der Waals surface area contributed by atoms with E-state index in [4.69, 9.17) is 9.84 Å². The van der Waals surface area contributed by atoms with Crippen LogP contribution in [-0.2, 0) is 22.5 Å². The van der Waals surface area contributed by atoms with E-state index in [1.807, 2.05) is 4.57 Å². The Morgan fingerprint density at radius 3 is 3.06 bits per heavy atom. The molecule has 0 bridgehead atoms. The van der Waals surface area contributed by atoms with Gasteiger partial charge < -0.3 is 14.4 Å². The van der Waals surface area contributed by atoms with Crippen molar-refractivity contribution in [2.24, 2.45) is 5.92 Å². The molecule has 0 spiro atoms. The maximum Gasteiger partial charge on any atom is 0.358 e. The molecule has 0 amide bonds. The van der Waals surface area contributed by atoms with Crippen molar-refractivity contribution in [2.45, 2.75) is 26.3 Å². The number of ether oxygens (including phenoxy) is 1. The van der Waals surface area contributed by atoms with Gasteiger partial charge in [-0.15, -0.1) is 0 Å². The molecular weight excluding hydrogens is 224 g/mol. The molecule has 2 heterocycles. The summed E-state index contributed by atoms with van der Waals surface area (Å²) in [5.74, 6) is -1.02. The molecule has 6 heteroatoms. The van der Waals surface area contributed by atoms with Crippen LogP contribution in [0.3, 0.4) is 0 Å². The predicted octanol–water partition coefficient (Wildman–Crippen LogP) is 0.707. The number of carbonyl (C=O) groups is 2. The van der Waals surface area contributed by atoms with E-state index in [0.717, 1.165) is 0 Å². The number of carboxylic acid groups (broad SMARTS) is 1. The van der Waals surface area contributed by atoms with Crippen LogP contribution >= 0.6 is 0 Å². The van der Waals surface area contributed by atoms with Crippen LogP contribution in [0.2, 0.25) is 0 Å². The number of hydrogen-bond donors (Lipinski definition) is 1. The molecule has 1 aliphatic rings. The first-order chi connectivity index (χ1) is 8.11. The first-order valence-electron chi connectivity index (χ1n) is 5.57. The minimum absolute atomic E-state index is 0.257. The minimum Gasteiger partial charge on any atom is -0.481 e. The van der Waals surface area contributed by atoms with Crippen molar-refractivity contribution in [3.8, 4) is 0 Å². The van der Waals surface area contributed by atoms with E-state index in [-0.39, 0.29) is 5.69 Å². The summed E-state index contributed by atoms with van der Waals surface area (Å²) in [6.07, 6.45) is 2.57. The van der Waals surface area contributed by atoms with Crippen LogP contribution < -0.4 is 0 Å². The monoisotopic (exact) mass is 238 g/mol. The Balaban J connectivity index is 2.17. The van der Waals surface area contributed by atoms with Gasteiger partial charge in [0, 0.05) is 19.2 Å². The van der Waals surface area contributed by atoms with Crippen LogP contribution in [0, 0.1) is 5.92 Å². The molecule has 0 fully saturated rings. The molecule has 1 N–H and O–H groups in total. The van der Waals surface area contributed by atoms with E-state index in [1.165, 1.54) is 0 Å². The predicted molar refractivity (Wildman–Crippen MR) is 57.6 cm³/mol. The number of esters is 1. The summed E-state index contributed by atoms with van der Waals surface area (Å²) in [6, 6.07) is 0. The molecule has 1 unspecified atom stereocenters. The summed E-state index contributed by atoms with van der Waals surface area (Å²) >= 11 is 0. The zero-order valence-electron chi connectivity index (χ0n) is 9.55. The van der Waals surface area contributed by atoms with Gasteiger partial charge in [-0.2, -0.15) is 0 Å². The van der Waals surface area contributed by atoms with Crippen molar-refractivity contribution >= 4 is 11.9 Å². The molecule has 92 valence electrons. The third kappa shape index (κ3) is 2.30. The molecule has 2 rings (SSSR count). The molecule has 0 radical (unpaired) electrons. The first kappa shape index (κ1) is 11.6. The van der Waals surface area contributed by atoms with E-state index in [9.17, 15) is 9.59 Å². The van der Waals surface area contributed by atoms with Gasteiger partial charge in [-0.25, -0.2) is 9.78 Å². The average Bonchev–Trinajstić information content (AvgIpc) is 2.71. The van der Waals surface area contributed by atoms with Gasteiger partial charge in [0.05, 0.1) is 12.5 Å². The minimum atomic E-state index is -0.808. The number of nitrogens with zero attached hydrogens (tertiary/aromatic N) is 2. The van der Waals surface area contributed by atoms with Gasteiger partial charge in [-0.1, -0.05) is 0 Å². The van der Waals surface area contributed by atoms with E-state index >= 15 is 0 Å². The van der Waals surface area contributed by atoms with Gasteiger partial charge in [0.1, 0.15) is 5.82 Å². The second kappa shape index (κ2) is 4.57. The number of carboxylic acids is 1. The van der Waals surface area contributed by atoms with E-state index in [0.29, 0.717) is 31.8 Å². The maximum absolute atomic E-state index is 11.5. The Morgan fingerprint density at radius 2 is 2.41 bits per heavy atom. The Hall–Kier alpha value is -1.85. The van der Waals surface area contributed by atoms with Crippen LogP contribution in [0.1, 0.15) is 29.7 Å². The molecule has 0 aliphatic carbocycles. The smallest absolute Gasteiger partial charge is 0.358 e. The lowest BCUT2D eigenvalue weighted by Crippen LogP contribution is -2.25. The molecule has 1 aliphatic heterocycles.